The summed E-state index contributed by atoms with van der Waals surface area (Å²) in [6.07, 6.45) is 0. The summed E-state index contributed by atoms with van der Waals surface area (Å²) in [7, 11) is 0. The minimum absolute atomic E-state index is 0.00164. The van der Waals surface area contributed by atoms with Gasteiger partial charge in [-0.2, -0.15) is 0 Å². The smallest absolute Gasteiger partial charge is 0.235 e. The van der Waals surface area contributed by atoms with Gasteiger partial charge in [0.2, 0.25) is 5.91 Å². The van der Waals surface area contributed by atoms with Gasteiger partial charge < -0.3 is 5.32 Å². The highest BCUT2D eigenvalue weighted by molar-refractivity contribution is 9.10. The van der Waals surface area contributed by atoms with E-state index in [9.17, 15) is 4.79 Å². The van der Waals surface area contributed by atoms with Gasteiger partial charge in [-0.05, 0) is 24.6 Å². The number of carbonyl (C=O) groups is 1. The molecule has 0 heterocycles. The highest BCUT2D eigenvalue weighted by atomic mass is 79.9. The van der Waals surface area contributed by atoms with E-state index in [4.69, 9.17) is 11.6 Å². The van der Waals surface area contributed by atoms with Gasteiger partial charge in [-0.25, -0.2) is 0 Å². The van der Waals surface area contributed by atoms with Gasteiger partial charge in [0.05, 0.1) is 6.04 Å². The van der Waals surface area contributed by atoms with E-state index in [0.29, 0.717) is 0 Å². The van der Waals surface area contributed by atoms with Gasteiger partial charge in [-0.1, -0.05) is 28.1 Å². The molecule has 1 amide bonds. The van der Waals surface area contributed by atoms with E-state index in [-0.39, 0.29) is 17.8 Å². The highest BCUT2D eigenvalue weighted by Gasteiger charge is 2.08. The van der Waals surface area contributed by atoms with Crippen LogP contribution >= 0.6 is 27.5 Å². The molecule has 14 heavy (non-hydrogen) atoms. The summed E-state index contributed by atoms with van der Waals surface area (Å²) in [5.74, 6) is -0.155. The molecule has 1 atom stereocenters. The zero-order chi connectivity index (χ0) is 10.6. The quantitative estimate of drug-likeness (QED) is 0.845. The van der Waals surface area contributed by atoms with Crippen molar-refractivity contribution < 1.29 is 4.79 Å². The Bertz CT molecular complexity index is 330. The van der Waals surface area contributed by atoms with Crippen LogP contribution in [0.4, 0.5) is 0 Å². The Kier molecular flexibility index (Phi) is 4.42. The molecule has 0 saturated carbocycles. The molecule has 0 aliphatic carbocycles. The number of hydrogen-bond donors (Lipinski definition) is 1. The third-order valence-electron chi connectivity index (χ3n) is 1.85. The first-order valence-corrected chi connectivity index (χ1v) is 5.57. The highest BCUT2D eigenvalue weighted by Crippen LogP contribution is 2.17. The van der Waals surface area contributed by atoms with Crippen molar-refractivity contribution in [2.75, 3.05) is 5.88 Å². The number of nitrogens with one attached hydrogen (secondary N) is 1. The van der Waals surface area contributed by atoms with E-state index in [2.05, 4.69) is 21.2 Å². The molecule has 0 fully saturated rings. The van der Waals surface area contributed by atoms with Gasteiger partial charge in [0.25, 0.3) is 0 Å². The second-order valence-corrected chi connectivity index (χ2v) is 4.16. The first-order chi connectivity index (χ1) is 6.63. The molecule has 0 saturated heterocycles. The van der Waals surface area contributed by atoms with Crippen molar-refractivity contribution >= 4 is 33.4 Å². The second-order valence-electron chi connectivity index (χ2n) is 2.98. The molecule has 0 bridgehead atoms. The van der Waals surface area contributed by atoms with E-state index < -0.39 is 0 Å². The van der Waals surface area contributed by atoms with Gasteiger partial charge in [-0.3, -0.25) is 4.79 Å². The number of amides is 1. The lowest BCUT2D eigenvalue weighted by atomic mass is 10.1. The minimum atomic E-state index is -0.154. The Morgan fingerprint density at radius 3 is 2.93 bits per heavy atom. The fourth-order valence-electron chi connectivity index (χ4n) is 1.14. The average molecular weight is 277 g/mol. The number of hydrogen-bond acceptors (Lipinski definition) is 1. The zero-order valence-corrected chi connectivity index (χ0v) is 10.1. The van der Waals surface area contributed by atoms with E-state index >= 15 is 0 Å². The summed E-state index contributed by atoms with van der Waals surface area (Å²) in [6, 6.07) is 7.80. The molecule has 1 rings (SSSR count). The Hall–Kier alpha value is -0.540. The van der Waals surface area contributed by atoms with Crippen LogP contribution in [-0.2, 0) is 4.79 Å². The molecule has 2 nitrogen and oxygen atoms in total. The normalized spacial score (nSPS) is 12.2. The van der Waals surface area contributed by atoms with Gasteiger partial charge >= 0.3 is 0 Å². The summed E-state index contributed by atoms with van der Waals surface area (Å²) < 4.78 is 1.00. The van der Waals surface area contributed by atoms with E-state index in [1.54, 1.807) is 0 Å². The standard InChI is InChI=1S/C10H11BrClNO/c1-7(13-10(14)6-12)8-3-2-4-9(11)5-8/h2-5,7H,6H2,1H3,(H,13,14)/t7-/m1/s1. The Morgan fingerprint density at radius 1 is 1.64 bits per heavy atom. The monoisotopic (exact) mass is 275 g/mol. The van der Waals surface area contributed by atoms with Crippen LogP contribution in [0.2, 0.25) is 0 Å². The van der Waals surface area contributed by atoms with Gasteiger partial charge in [0, 0.05) is 4.47 Å². The average Bonchev–Trinajstić information content (AvgIpc) is 2.17. The van der Waals surface area contributed by atoms with Crippen molar-refractivity contribution in [3.63, 3.8) is 0 Å². The molecule has 0 unspecified atom stereocenters. The van der Waals surface area contributed by atoms with Crippen LogP contribution in [0.1, 0.15) is 18.5 Å². The van der Waals surface area contributed by atoms with Crippen molar-refractivity contribution in [2.24, 2.45) is 0 Å². The third-order valence-corrected chi connectivity index (χ3v) is 2.58. The predicted molar refractivity (Wildman–Crippen MR) is 61.4 cm³/mol. The Morgan fingerprint density at radius 2 is 2.36 bits per heavy atom. The molecule has 0 spiro atoms. The zero-order valence-electron chi connectivity index (χ0n) is 7.76. The molecule has 0 radical (unpaired) electrons. The fourth-order valence-corrected chi connectivity index (χ4v) is 1.63. The van der Waals surface area contributed by atoms with Crippen LogP contribution in [0, 0.1) is 0 Å². The van der Waals surface area contributed by atoms with E-state index in [0.717, 1.165) is 10.0 Å². The van der Waals surface area contributed by atoms with Crippen molar-refractivity contribution in [1.82, 2.24) is 5.32 Å². The summed E-state index contributed by atoms with van der Waals surface area (Å²) >= 11 is 8.77. The maximum absolute atomic E-state index is 11.0. The number of rotatable bonds is 3. The molecule has 0 aliphatic rings. The van der Waals surface area contributed by atoms with E-state index in [1.165, 1.54) is 0 Å². The van der Waals surface area contributed by atoms with Crippen LogP contribution in [-0.4, -0.2) is 11.8 Å². The van der Waals surface area contributed by atoms with Crippen LogP contribution in [0.3, 0.4) is 0 Å². The SMILES string of the molecule is C[C@@H](NC(=O)CCl)c1cccc(Br)c1. The molecule has 0 aliphatic heterocycles. The second kappa shape index (κ2) is 5.37. The van der Waals surface area contributed by atoms with Crippen LogP contribution in [0.25, 0.3) is 0 Å². The number of alkyl halides is 1. The maximum Gasteiger partial charge on any atom is 0.235 e. The van der Waals surface area contributed by atoms with Gasteiger partial charge in [0.1, 0.15) is 5.88 Å². The number of carbonyl (C=O) groups excluding carboxylic acids is 1. The van der Waals surface area contributed by atoms with Crippen LogP contribution in [0.5, 0.6) is 0 Å². The van der Waals surface area contributed by atoms with Crippen molar-refractivity contribution in [1.29, 1.82) is 0 Å². The number of benzene rings is 1. The minimum Gasteiger partial charge on any atom is -0.349 e. The molecule has 4 heteroatoms. The van der Waals surface area contributed by atoms with E-state index in [1.807, 2.05) is 31.2 Å². The summed E-state index contributed by atoms with van der Waals surface area (Å²) in [5.41, 5.74) is 1.05. The molecule has 1 aromatic rings. The first kappa shape index (κ1) is 11.5. The fraction of sp³-hybridized carbons (Fsp3) is 0.300. The molecule has 1 aromatic carbocycles. The van der Waals surface area contributed by atoms with Gasteiger partial charge in [-0.15, -0.1) is 11.6 Å². The Labute approximate surface area is 96.8 Å². The third kappa shape index (κ3) is 3.31. The lowest BCUT2D eigenvalue weighted by Gasteiger charge is -2.13. The molecule has 0 aromatic heterocycles. The van der Waals surface area contributed by atoms with Crippen LogP contribution < -0.4 is 5.32 Å². The predicted octanol–water partition coefficient (Wildman–Crippen LogP) is 2.87. The van der Waals surface area contributed by atoms with Crippen molar-refractivity contribution in [3.8, 4) is 0 Å². The van der Waals surface area contributed by atoms with Crippen molar-refractivity contribution in [2.45, 2.75) is 13.0 Å². The van der Waals surface area contributed by atoms with Gasteiger partial charge in [0.15, 0.2) is 0 Å². The Balaban J connectivity index is 2.69. The first-order valence-electron chi connectivity index (χ1n) is 4.24. The molecule has 76 valence electrons. The molecular weight excluding hydrogens is 265 g/mol. The number of halogens is 2. The van der Waals surface area contributed by atoms with Crippen LogP contribution in [0.15, 0.2) is 28.7 Å². The lowest BCUT2D eigenvalue weighted by molar-refractivity contribution is -0.119. The topological polar surface area (TPSA) is 29.1 Å². The molecular formula is C10H11BrClNO. The summed E-state index contributed by atoms with van der Waals surface area (Å²) in [5, 5.41) is 2.78. The largest absolute Gasteiger partial charge is 0.349 e. The summed E-state index contributed by atoms with van der Waals surface area (Å²) in [6.45, 7) is 1.92. The van der Waals surface area contributed by atoms with Crippen molar-refractivity contribution in [3.05, 3.63) is 34.3 Å². The maximum atomic E-state index is 11.0. The molecule has 1 N–H and O–H groups in total. The lowest BCUT2D eigenvalue weighted by Crippen LogP contribution is -2.27. The summed E-state index contributed by atoms with van der Waals surface area (Å²) in [4.78, 5) is 11.0.